The van der Waals surface area contributed by atoms with Crippen molar-refractivity contribution in [3.8, 4) is 22.5 Å². The van der Waals surface area contributed by atoms with Gasteiger partial charge in [0.1, 0.15) is 0 Å². The number of benzene rings is 2. The number of anilines is 1. The third kappa shape index (κ3) is 3.21. The molecule has 2 aromatic carbocycles. The Kier molecular flexibility index (Phi) is 4.45. The highest BCUT2D eigenvalue weighted by molar-refractivity contribution is 6.00. The van der Waals surface area contributed by atoms with Gasteiger partial charge in [-0.25, -0.2) is 10.4 Å². The van der Waals surface area contributed by atoms with Gasteiger partial charge in [-0.1, -0.05) is 36.8 Å². The first kappa shape index (κ1) is 16.4. The Morgan fingerprint density at radius 1 is 1.08 bits per heavy atom. The molecule has 7 nitrogen and oxygen atoms in total. The number of aromatic amines is 1. The summed E-state index contributed by atoms with van der Waals surface area (Å²) in [6.07, 6.45) is 3.01. The smallest absolute Gasteiger partial charge is 0.181 e. The Morgan fingerprint density at radius 3 is 2.58 bits per heavy atom. The van der Waals surface area contributed by atoms with E-state index >= 15 is 0 Å². The maximum atomic E-state index is 12.6. The molecule has 0 bridgehead atoms. The number of rotatable bonds is 4. The summed E-state index contributed by atoms with van der Waals surface area (Å²) in [7, 11) is 0. The average molecular weight is 347 g/mol. The van der Waals surface area contributed by atoms with Crippen molar-refractivity contribution in [3.05, 3.63) is 48.0 Å². The van der Waals surface area contributed by atoms with Gasteiger partial charge in [0.25, 0.3) is 0 Å². The highest BCUT2D eigenvalue weighted by Crippen LogP contribution is 2.29. The van der Waals surface area contributed by atoms with Crippen molar-refractivity contribution >= 4 is 11.5 Å². The molecule has 3 aromatic rings. The van der Waals surface area contributed by atoms with Crippen LogP contribution in [-0.4, -0.2) is 39.0 Å². The first-order valence-corrected chi connectivity index (χ1v) is 8.67. The number of nitrogens with zero attached hydrogens (tertiary/aromatic N) is 4. The summed E-state index contributed by atoms with van der Waals surface area (Å²) in [4.78, 5) is 12.6. The highest BCUT2D eigenvalue weighted by atomic mass is 16.1. The van der Waals surface area contributed by atoms with Crippen LogP contribution in [-0.2, 0) is 0 Å². The highest BCUT2D eigenvalue weighted by Gasteiger charge is 2.22. The number of piperidine rings is 1. The monoisotopic (exact) mass is 347 g/mol. The second kappa shape index (κ2) is 7.05. The zero-order chi connectivity index (χ0) is 17.9. The summed E-state index contributed by atoms with van der Waals surface area (Å²) in [5.74, 6) is 0.636. The minimum atomic E-state index is -0.184. The molecule has 1 radical (unpaired) electrons. The second-order valence-electron chi connectivity index (χ2n) is 6.41. The van der Waals surface area contributed by atoms with Gasteiger partial charge < -0.3 is 5.73 Å². The van der Waals surface area contributed by atoms with Gasteiger partial charge in [0.05, 0.1) is 6.04 Å². The maximum absolute atomic E-state index is 12.6. The number of hydrogen-bond donors (Lipinski definition) is 2. The lowest BCUT2D eigenvalue weighted by Gasteiger charge is -2.20. The average Bonchev–Trinajstić information content (AvgIpc) is 3.23. The zero-order valence-corrected chi connectivity index (χ0v) is 14.2. The van der Waals surface area contributed by atoms with E-state index in [0.717, 1.165) is 42.5 Å². The van der Waals surface area contributed by atoms with Crippen LogP contribution >= 0.6 is 0 Å². The fourth-order valence-corrected chi connectivity index (χ4v) is 3.24. The van der Waals surface area contributed by atoms with Crippen molar-refractivity contribution in [2.45, 2.75) is 25.3 Å². The van der Waals surface area contributed by atoms with Crippen LogP contribution in [0.3, 0.4) is 0 Å². The maximum Gasteiger partial charge on any atom is 0.181 e. The van der Waals surface area contributed by atoms with Crippen molar-refractivity contribution < 1.29 is 4.79 Å². The summed E-state index contributed by atoms with van der Waals surface area (Å²) in [6.45, 7) is 0.791. The van der Waals surface area contributed by atoms with Gasteiger partial charge in [0.15, 0.2) is 11.6 Å². The van der Waals surface area contributed by atoms with Crippen LogP contribution in [0.15, 0.2) is 42.5 Å². The minimum absolute atomic E-state index is 0.113. The molecule has 4 rings (SSSR count). The Balaban J connectivity index is 1.59. The molecule has 0 spiro atoms. The molecule has 3 N–H and O–H groups in total. The first-order chi connectivity index (χ1) is 12.7. The SMILES string of the molecule is Nc1ccc(-c2ccc(C(=O)C3CCCC[N]3)cc2)cc1-c1nnn[nH]1. The van der Waals surface area contributed by atoms with Crippen molar-refractivity contribution in [3.63, 3.8) is 0 Å². The molecule has 1 saturated heterocycles. The second-order valence-corrected chi connectivity index (χ2v) is 6.41. The van der Waals surface area contributed by atoms with Crippen LogP contribution in [0.1, 0.15) is 29.6 Å². The number of carbonyl (C=O) groups excluding carboxylic acids is 1. The van der Waals surface area contributed by atoms with E-state index in [0.29, 0.717) is 17.1 Å². The lowest BCUT2D eigenvalue weighted by molar-refractivity contribution is 0.0924. The molecule has 0 amide bonds. The van der Waals surface area contributed by atoms with Gasteiger partial charge in [0.2, 0.25) is 0 Å². The quantitative estimate of drug-likeness (QED) is 0.556. The number of H-pyrrole nitrogens is 1. The number of aromatic nitrogens is 4. The third-order valence-electron chi connectivity index (χ3n) is 4.69. The number of ketones is 1. The van der Waals surface area contributed by atoms with Gasteiger partial charge in [-0.05, 0) is 46.5 Å². The Hall–Kier alpha value is -3.06. The molecule has 1 fully saturated rings. The van der Waals surface area contributed by atoms with Gasteiger partial charge in [-0.2, -0.15) is 0 Å². The summed E-state index contributed by atoms with van der Waals surface area (Å²) in [6, 6.07) is 13.2. The number of nitrogens with one attached hydrogen (secondary N) is 1. The molecule has 1 aliphatic rings. The molecule has 7 heteroatoms. The van der Waals surface area contributed by atoms with Gasteiger partial charge in [-0.15, -0.1) is 5.10 Å². The molecule has 0 aliphatic carbocycles. The number of nitrogen functional groups attached to an aromatic ring is 1. The van der Waals surface area contributed by atoms with Crippen LogP contribution in [0.25, 0.3) is 22.5 Å². The third-order valence-corrected chi connectivity index (χ3v) is 4.69. The van der Waals surface area contributed by atoms with Crippen molar-refractivity contribution in [2.75, 3.05) is 12.3 Å². The standard InChI is InChI=1S/C19H19N6O/c20-16-9-8-14(11-15(16)19-22-24-25-23-19)12-4-6-13(7-5-12)18(26)17-3-1-2-10-21-17/h4-9,11,17H,1-3,10,20H2,(H,22,23,24,25). The predicted molar refractivity (Wildman–Crippen MR) is 98.4 cm³/mol. The lowest BCUT2D eigenvalue weighted by atomic mass is 9.94. The van der Waals surface area contributed by atoms with Crippen LogP contribution in [0, 0.1) is 0 Å². The molecule has 2 heterocycles. The molecule has 131 valence electrons. The lowest BCUT2D eigenvalue weighted by Crippen LogP contribution is -2.35. The van der Waals surface area contributed by atoms with E-state index in [1.165, 1.54) is 0 Å². The number of hydrogen-bond acceptors (Lipinski definition) is 5. The van der Waals surface area contributed by atoms with E-state index in [2.05, 4.69) is 25.9 Å². The van der Waals surface area contributed by atoms with Crippen LogP contribution in [0.4, 0.5) is 5.69 Å². The normalized spacial score (nSPS) is 17.2. The molecular weight excluding hydrogens is 328 g/mol. The number of Topliss-reactive ketones (excluding diaryl/α,β-unsaturated/α-hetero) is 1. The van der Waals surface area contributed by atoms with E-state index in [1.54, 1.807) is 0 Å². The zero-order valence-electron chi connectivity index (χ0n) is 14.2. The van der Waals surface area contributed by atoms with Crippen molar-refractivity contribution in [2.24, 2.45) is 0 Å². The predicted octanol–water partition coefficient (Wildman–Crippen LogP) is 2.46. The summed E-state index contributed by atoms with van der Waals surface area (Å²) in [5, 5.41) is 18.3. The molecule has 1 aromatic heterocycles. The molecule has 26 heavy (non-hydrogen) atoms. The molecular formula is C19H19N6O. The minimum Gasteiger partial charge on any atom is -0.398 e. The van der Waals surface area contributed by atoms with Crippen LogP contribution in [0.2, 0.25) is 0 Å². The van der Waals surface area contributed by atoms with E-state index in [-0.39, 0.29) is 11.8 Å². The summed E-state index contributed by atoms with van der Waals surface area (Å²) in [5.41, 5.74) is 10.1. The number of nitrogens with two attached hydrogens (primary N) is 1. The molecule has 1 atom stereocenters. The fraction of sp³-hybridized carbons (Fsp3) is 0.263. The van der Waals surface area contributed by atoms with E-state index in [4.69, 9.17) is 5.73 Å². The molecule has 0 saturated carbocycles. The van der Waals surface area contributed by atoms with Crippen molar-refractivity contribution in [1.29, 1.82) is 0 Å². The van der Waals surface area contributed by atoms with Crippen LogP contribution in [0.5, 0.6) is 0 Å². The number of carbonyl (C=O) groups is 1. The van der Waals surface area contributed by atoms with E-state index in [1.807, 2.05) is 42.5 Å². The van der Waals surface area contributed by atoms with Gasteiger partial charge in [-0.3, -0.25) is 4.79 Å². The molecule has 1 aliphatic heterocycles. The fourth-order valence-electron chi connectivity index (χ4n) is 3.24. The Morgan fingerprint density at radius 2 is 1.88 bits per heavy atom. The van der Waals surface area contributed by atoms with Crippen LogP contribution < -0.4 is 11.1 Å². The largest absolute Gasteiger partial charge is 0.398 e. The Labute approximate surface area is 151 Å². The van der Waals surface area contributed by atoms with E-state index in [9.17, 15) is 4.79 Å². The number of tetrazole rings is 1. The summed E-state index contributed by atoms with van der Waals surface area (Å²) >= 11 is 0. The summed E-state index contributed by atoms with van der Waals surface area (Å²) < 4.78 is 0. The molecule has 1 unspecified atom stereocenters. The van der Waals surface area contributed by atoms with E-state index < -0.39 is 0 Å². The van der Waals surface area contributed by atoms with Gasteiger partial charge >= 0.3 is 0 Å². The van der Waals surface area contributed by atoms with Crippen molar-refractivity contribution in [1.82, 2.24) is 25.9 Å². The first-order valence-electron chi connectivity index (χ1n) is 8.67. The topological polar surface area (TPSA) is 112 Å². The Bertz CT molecular complexity index is 898. The van der Waals surface area contributed by atoms with Gasteiger partial charge in [0, 0.05) is 23.4 Å².